The number of benzene rings is 4. The molecule has 0 radical (unpaired) electrons. The predicted molar refractivity (Wildman–Crippen MR) is 94.9 cm³/mol. The van der Waals surface area contributed by atoms with Gasteiger partial charge in [0.1, 0.15) is 0 Å². The van der Waals surface area contributed by atoms with E-state index < -0.39 is 0 Å². The van der Waals surface area contributed by atoms with E-state index in [1.807, 2.05) is 0 Å². The minimum atomic E-state index is 0.974. The van der Waals surface area contributed by atoms with E-state index >= 15 is 0 Å². The van der Waals surface area contributed by atoms with Crippen LogP contribution in [0.1, 0.15) is 5.56 Å². The van der Waals surface area contributed by atoms with Crippen molar-refractivity contribution in [2.45, 2.75) is 6.54 Å². The molecule has 5 aromatic rings. The molecule has 1 aliphatic rings. The minimum absolute atomic E-state index is 0.974. The minimum Gasteiger partial charge on any atom is -0.194 e. The molecule has 1 aliphatic heterocycles. The molecule has 106 valence electrons. The molecule has 1 heteroatoms. The second-order valence-electron chi connectivity index (χ2n) is 6.48. The van der Waals surface area contributed by atoms with E-state index in [9.17, 15) is 0 Å². The molecule has 23 heavy (non-hydrogen) atoms. The first-order chi connectivity index (χ1) is 11.4. The maximum absolute atomic E-state index is 2.39. The molecular weight excluding hydrogens is 278 g/mol. The van der Waals surface area contributed by atoms with Gasteiger partial charge in [0.2, 0.25) is 5.69 Å². The Morgan fingerprint density at radius 1 is 0.696 bits per heavy atom. The number of rotatable bonds is 0. The number of hydrogen-bond acceptors (Lipinski definition) is 0. The Balaban J connectivity index is 1.91. The fourth-order valence-corrected chi connectivity index (χ4v) is 4.32. The summed E-state index contributed by atoms with van der Waals surface area (Å²) in [5.74, 6) is 0. The standard InChI is InChI=1S/C22H14N/c1-2-11-23-13-17-12-16-8-7-14-4-3-5-15-9-10-18(22(16)20(14)15)21(17)19(23)6-1/h1-12H,13H2/q+1. The van der Waals surface area contributed by atoms with Gasteiger partial charge in [-0.15, -0.1) is 0 Å². The zero-order chi connectivity index (χ0) is 15.0. The summed E-state index contributed by atoms with van der Waals surface area (Å²) in [5.41, 5.74) is 4.18. The lowest BCUT2D eigenvalue weighted by atomic mass is 9.89. The van der Waals surface area contributed by atoms with Crippen molar-refractivity contribution in [1.82, 2.24) is 0 Å². The van der Waals surface area contributed by atoms with Gasteiger partial charge >= 0.3 is 0 Å². The van der Waals surface area contributed by atoms with Crippen molar-refractivity contribution in [3.8, 4) is 11.3 Å². The smallest absolute Gasteiger partial charge is 0.194 e. The van der Waals surface area contributed by atoms with Gasteiger partial charge in [0.25, 0.3) is 0 Å². The van der Waals surface area contributed by atoms with Crippen LogP contribution in [0.3, 0.4) is 0 Å². The fourth-order valence-electron chi connectivity index (χ4n) is 4.32. The molecular formula is C22H14N+. The summed E-state index contributed by atoms with van der Waals surface area (Å²) < 4.78 is 2.35. The molecule has 0 fully saturated rings. The topological polar surface area (TPSA) is 3.88 Å². The van der Waals surface area contributed by atoms with Gasteiger partial charge in [0.05, 0.1) is 5.56 Å². The molecule has 2 heterocycles. The number of aromatic nitrogens is 1. The first kappa shape index (κ1) is 11.6. The van der Waals surface area contributed by atoms with Gasteiger partial charge in [0, 0.05) is 17.7 Å². The molecule has 0 saturated carbocycles. The molecule has 0 spiro atoms. The van der Waals surface area contributed by atoms with Crippen molar-refractivity contribution in [1.29, 1.82) is 0 Å². The molecule has 4 aromatic carbocycles. The normalized spacial score (nSPS) is 13.0. The summed E-state index contributed by atoms with van der Waals surface area (Å²) >= 11 is 0. The van der Waals surface area contributed by atoms with Crippen LogP contribution < -0.4 is 4.57 Å². The number of nitrogens with zero attached hydrogens (tertiary/aromatic N) is 1. The zero-order valence-electron chi connectivity index (χ0n) is 12.6. The second-order valence-corrected chi connectivity index (χ2v) is 6.48. The van der Waals surface area contributed by atoms with Crippen molar-refractivity contribution in [2.24, 2.45) is 0 Å². The van der Waals surface area contributed by atoms with Crippen LogP contribution in [0.2, 0.25) is 0 Å². The van der Waals surface area contributed by atoms with Crippen LogP contribution in [0.4, 0.5) is 0 Å². The largest absolute Gasteiger partial charge is 0.213 e. The number of pyridine rings is 1. The quantitative estimate of drug-likeness (QED) is 0.277. The molecule has 0 unspecified atom stereocenters. The lowest BCUT2D eigenvalue weighted by Crippen LogP contribution is -2.31. The van der Waals surface area contributed by atoms with Crippen molar-refractivity contribution < 1.29 is 4.57 Å². The number of hydrogen-bond donors (Lipinski definition) is 0. The van der Waals surface area contributed by atoms with Gasteiger partial charge in [-0.2, -0.15) is 4.57 Å². The first-order valence-electron chi connectivity index (χ1n) is 8.08. The van der Waals surface area contributed by atoms with E-state index in [2.05, 4.69) is 77.5 Å². The van der Waals surface area contributed by atoms with Gasteiger partial charge in [0.15, 0.2) is 12.7 Å². The van der Waals surface area contributed by atoms with Gasteiger partial charge in [-0.25, -0.2) is 0 Å². The monoisotopic (exact) mass is 292 g/mol. The van der Waals surface area contributed by atoms with E-state index in [4.69, 9.17) is 0 Å². The third-order valence-electron chi connectivity index (χ3n) is 5.27. The molecule has 1 nitrogen and oxygen atoms in total. The van der Waals surface area contributed by atoms with Crippen LogP contribution in [0.25, 0.3) is 43.6 Å². The van der Waals surface area contributed by atoms with Crippen LogP contribution in [0.5, 0.6) is 0 Å². The van der Waals surface area contributed by atoms with Gasteiger partial charge in [-0.1, -0.05) is 42.5 Å². The third kappa shape index (κ3) is 1.35. The molecule has 0 N–H and O–H groups in total. The van der Waals surface area contributed by atoms with Crippen molar-refractivity contribution >= 4 is 32.3 Å². The van der Waals surface area contributed by atoms with E-state index in [1.54, 1.807) is 0 Å². The Hall–Kier alpha value is -2.93. The fraction of sp³-hybridized carbons (Fsp3) is 0.0455. The van der Waals surface area contributed by atoms with Gasteiger partial charge < -0.3 is 0 Å². The molecule has 0 aliphatic carbocycles. The molecule has 0 saturated heterocycles. The Morgan fingerprint density at radius 2 is 1.52 bits per heavy atom. The Kier molecular flexibility index (Phi) is 1.96. The Bertz CT molecular complexity index is 1220. The highest BCUT2D eigenvalue weighted by Gasteiger charge is 2.28. The Labute approximate surface area is 133 Å². The molecule has 0 bridgehead atoms. The van der Waals surface area contributed by atoms with Crippen molar-refractivity contribution in [3.63, 3.8) is 0 Å². The van der Waals surface area contributed by atoms with Crippen molar-refractivity contribution in [3.05, 3.63) is 78.5 Å². The zero-order valence-corrected chi connectivity index (χ0v) is 12.6. The highest BCUT2D eigenvalue weighted by atomic mass is 15.0. The van der Waals surface area contributed by atoms with E-state index in [0.717, 1.165) is 6.54 Å². The highest BCUT2D eigenvalue weighted by Crippen LogP contribution is 2.41. The maximum atomic E-state index is 2.39. The van der Waals surface area contributed by atoms with Crippen LogP contribution in [-0.2, 0) is 6.54 Å². The second kappa shape index (κ2) is 3.88. The molecule has 6 rings (SSSR count). The summed E-state index contributed by atoms with van der Waals surface area (Å²) in [6.45, 7) is 0.974. The van der Waals surface area contributed by atoms with E-state index in [-0.39, 0.29) is 0 Å². The van der Waals surface area contributed by atoms with E-state index in [0.29, 0.717) is 0 Å². The van der Waals surface area contributed by atoms with Crippen LogP contribution in [-0.4, -0.2) is 0 Å². The molecule has 1 aromatic heterocycles. The summed E-state index contributed by atoms with van der Waals surface area (Å²) in [7, 11) is 0. The van der Waals surface area contributed by atoms with Crippen LogP contribution in [0, 0.1) is 0 Å². The van der Waals surface area contributed by atoms with Gasteiger partial charge in [-0.3, -0.25) is 0 Å². The maximum Gasteiger partial charge on any atom is 0.213 e. The average Bonchev–Trinajstić information content (AvgIpc) is 2.97. The van der Waals surface area contributed by atoms with Gasteiger partial charge in [-0.05, 0) is 44.5 Å². The highest BCUT2D eigenvalue weighted by molar-refractivity contribution is 6.25. The van der Waals surface area contributed by atoms with E-state index in [1.165, 1.54) is 49.1 Å². The first-order valence-corrected chi connectivity index (χ1v) is 8.08. The SMILES string of the molecule is c1cc[n+]2c(c1)-c1c(cc3ccc4cccc5ccc1c3c45)C2. The average molecular weight is 292 g/mol. The summed E-state index contributed by atoms with van der Waals surface area (Å²) in [5, 5.41) is 8.23. The van der Waals surface area contributed by atoms with Crippen LogP contribution >= 0.6 is 0 Å². The Morgan fingerprint density at radius 3 is 2.43 bits per heavy atom. The molecule has 0 amide bonds. The summed E-state index contributed by atoms with van der Waals surface area (Å²) in [6, 6.07) is 24.6. The van der Waals surface area contributed by atoms with Crippen molar-refractivity contribution in [2.75, 3.05) is 0 Å². The lowest BCUT2D eigenvalue weighted by Gasteiger charge is -2.12. The molecule has 0 atom stereocenters. The summed E-state index contributed by atoms with van der Waals surface area (Å²) in [4.78, 5) is 0. The lowest BCUT2D eigenvalue weighted by molar-refractivity contribution is -0.672. The van der Waals surface area contributed by atoms with Crippen LogP contribution in [0.15, 0.2) is 72.9 Å². The third-order valence-corrected chi connectivity index (χ3v) is 5.27. The predicted octanol–water partition coefficient (Wildman–Crippen LogP) is 4.90. The summed E-state index contributed by atoms with van der Waals surface area (Å²) in [6.07, 6.45) is 2.18. The number of fused-ring (bicyclic) bond motifs is 4.